The Morgan fingerprint density at radius 3 is 2.60 bits per heavy atom. The maximum Gasteiger partial charge on any atom is 0.229 e. The number of likely N-dealkylation sites (N-methyl/N-ethyl adjacent to an activating group) is 1. The Hall–Kier alpha value is -3.51. The fraction of sp³-hybridized carbons (Fsp3) is 0.455. The Morgan fingerprint density at radius 1 is 1.02 bits per heavy atom. The molecule has 248 valence electrons. The molecule has 7 rings (SSSR count). The number of aromatic nitrogens is 4. The van der Waals surface area contributed by atoms with Gasteiger partial charge in [0.1, 0.15) is 36.6 Å². The Labute approximate surface area is 283 Å². The van der Waals surface area contributed by atoms with E-state index in [9.17, 15) is 4.57 Å². The maximum absolute atomic E-state index is 13.4. The Morgan fingerprint density at radius 2 is 1.83 bits per heavy atom. The number of rotatable bonds is 8. The van der Waals surface area contributed by atoms with E-state index in [1.807, 2.05) is 18.2 Å². The molecule has 2 aromatic carbocycles. The molecule has 2 N–H and O–H groups in total. The van der Waals surface area contributed by atoms with E-state index in [4.69, 9.17) is 14.5 Å². The third-order valence-electron chi connectivity index (χ3n) is 9.48. The molecule has 2 fully saturated rings. The number of ether oxygens (including phenoxy) is 2. The molecule has 3 aliphatic heterocycles. The molecular formula is C33H41BrN9O3P. The maximum atomic E-state index is 13.4. The summed E-state index contributed by atoms with van der Waals surface area (Å²) in [5.74, 6) is 2.37. The van der Waals surface area contributed by atoms with E-state index in [0.29, 0.717) is 68.4 Å². The van der Waals surface area contributed by atoms with Gasteiger partial charge in [-0.1, -0.05) is 6.92 Å². The lowest BCUT2D eigenvalue weighted by Gasteiger charge is -2.48. The molecule has 0 saturated carbocycles. The molecule has 12 nitrogen and oxygen atoms in total. The minimum atomic E-state index is -2.75. The number of halogens is 1. The molecule has 0 radical (unpaired) electrons. The number of hydrogen-bond donors (Lipinski definition) is 2. The molecule has 2 saturated heterocycles. The summed E-state index contributed by atoms with van der Waals surface area (Å²) in [5.41, 5.74) is 3.71. The number of fused-ring (bicyclic) bond motifs is 4. The number of benzene rings is 2. The van der Waals surface area contributed by atoms with Gasteiger partial charge in [0.2, 0.25) is 5.95 Å². The first-order valence-corrected chi connectivity index (χ1v) is 19.5. The quantitative estimate of drug-likeness (QED) is 0.230. The van der Waals surface area contributed by atoms with Crippen LogP contribution in [0.5, 0.6) is 11.5 Å². The number of nitrogens with zero attached hydrogens (tertiary/aromatic N) is 7. The van der Waals surface area contributed by atoms with Gasteiger partial charge >= 0.3 is 0 Å². The monoisotopic (exact) mass is 721 g/mol. The first-order valence-electron chi connectivity index (χ1n) is 16.2. The van der Waals surface area contributed by atoms with Gasteiger partial charge in [0, 0.05) is 69.5 Å². The average molecular weight is 723 g/mol. The summed E-state index contributed by atoms with van der Waals surface area (Å²) in [6, 6.07) is 8.69. The minimum Gasteiger partial charge on any atom is -0.494 e. The lowest BCUT2D eigenvalue weighted by atomic mass is 9.93. The zero-order chi connectivity index (χ0) is 32.7. The number of anilines is 5. The third-order valence-corrected chi connectivity index (χ3v) is 11.6. The molecule has 14 heteroatoms. The van der Waals surface area contributed by atoms with Crippen molar-refractivity contribution in [2.75, 3.05) is 81.8 Å². The summed E-state index contributed by atoms with van der Waals surface area (Å²) in [6.45, 7) is 13.1. The van der Waals surface area contributed by atoms with Crippen molar-refractivity contribution in [1.29, 1.82) is 0 Å². The highest BCUT2D eigenvalue weighted by Crippen LogP contribution is 2.45. The molecule has 0 aliphatic carbocycles. The second kappa shape index (κ2) is 13.2. The van der Waals surface area contributed by atoms with E-state index in [1.165, 1.54) is 0 Å². The van der Waals surface area contributed by atoms with E-state index >= 15 is 0 Å². The van der Waals surface area contributed by atoms with Crippen LogP contribution in [0.2, 0.25) is 0 Å². The van der Waals surface area contributed by atoms with Crippen LogP contribution in [0.1, 0.15) is 19.8 Å². The van der Waals surface area contributed by atoms with E-state index in [2.05, 4.69) is 69.2 Å². The van der Waals surface area contributed by atoms with Gasteiger partial charge in [-0.15, -0.1) is 0 Å². The largest absolute Gasteiger partial charge is 0.494 e. The number of piperidine rings is 1. The lowest BCUT2D eigenvalue weighted by Crippen LogP contribution is -2.57. The normalized spacial score (nSPS) is 20.3. The molecule has 0 amide bonds. The predicted molar refractivity (Wildman–Crippen MR) is 191 cm³/mol. The highest BCUT2D eigenvalue weighted by atomic mass is 79.9. The van der Waals surface area contributed by atoms with Crippen LogP contribution in [-0.2, 0) is 4.57 Å². The number of piperazine rings is 1. The topological polar surface area (TPSA) is 121 Å². The van der Waals surface area contributed by atoms with E-state index in [1.54, 1.807) is 39.0 Å². The van der Waals surface area contributed by atoms with Gasteiger partial charge in [0.25, 0.3) is 0 Å². The fourth-order valence-electron chi connectivity index (χ4n) is 7.05. The summed E-state index contributed by atoms with van der Waals surface area (Å²) >= 11 is 3.58. The van der Waals surface area contributed by atoms with Crippen LogP contribution >= 0.6 is 23.1 Å². The summed E-state index contributed by atoms with van der Waals surface area (Å²) in [6.07, 6.45) is 7.16. The highest BCUT2D eigenvalue weighted by molar-refractivity contribution is 9.10. The zero-order valence-electron chi connectivity index (χ0n) is 27.2. The van der Waals surface area contributed by atoms with Crippen LogP contribution in [0.4, 0.5) is 28.8 Å². The number of hydrogen-bond acceptors (Lipinski definition) is 12. The number of methoxy groups -OCH3 is 1. The minimum absolute atomic E-state index is 0.338. The molecule has 0 unspecified atom stereocenters. The van der Waals surface area contributed by atoms with Crippen LogP contribution in [0.15, 0.2) is 47.3 Å². The fourth-order valence-corrected chi connectivity index (χ4v) is 8.74. The van der Waals surface area contributed by atoms with Gasteiger partial charge in [-0.2, -0.15) is 4.98 Å². The van der Waals surface area contributed by atoms with Crippen molar-refractivity contribution in [2.45, 2.75) is 31.8 Å². The van der Waals surface area contributed by atoms with Crippen LogP contribution in [-0.4, -0.2) is 108 Å². The van der Waals surface area contributed by atoms with Gasteiger partial charge in [0.05, 0.1) is 45.5 Å². The third kappa shape index (κ3) is 6.50. The number of nitrogens with one attached hydrogen (secondary N) is 2. The standard InChI is InChI=1S/C33H41BrN9O3P/c1-5-41-12-14-42(15-13-41)21-8-11-43-22(16-21)20-46-29-17-26(28(45-2)18-27(29)43)39-33-37-19-23(34)32(40-33)38-25-7-6-24-30(36-10-9-35-24)31(25)47(3,4)44/h6-7,9-10,17-19,21-22H,5,8,11-16,20H2,1-4H3,(H2,37,38,39,40)/t21-,22-/m1/s1. The molecule has 3 aliphatic rings. The van der Waals surface area contributed by atoms with Crippen molar-refractivity contribution in [3.05, 3.63) is 47.3 Å². The average Bonchev–Trinajstić information content (AvgIpc) is 3.08. The van der Waals surface area contributed by atoms with Crippen molar-refractivity contribution in [2.24, 2.45) is 0 Å². The summed E-state index contributed by atoms with van der Waals surface area (Å²) in [5, 5.41) is 7.32. The Bertz CT molecular complexity index is 1830. The van der Waals surface area contributed by atoms with E-state index in [-0.39, 0.29) is 0 Å². The molecule has 5 heterocycles. The van der Waals surface area contributed by atoms with Gasteiger partial charge in [0.15, 0.2) is 0 Å². The van der Waals surface area contributed by atoms with Crippen molar-refractivity contribution in [3.8, 4) is 11.5 Å². The molecule has 0 spiro atoms. The van der Waals surface area contributed by atoms with Crippen molar-refractivity contribution in [3.63, 3.8) is 0 Å². The van der Waals surface area contributed by atoms with Gasteiger partial charge in [-0.05, 0) is 60.8 Å². The van der Waals surface area contributed by atoms with Crippen molar-refractivity contribution < 1.29 is 14.0 Å². The SMILES string of the molecule is CCN1CCN([C@@H]2CCN3c4cc(OC)c(Nc5ncc(Br)c(Nc6ccc7nccnc7c6P(C)(C)=O)n5)cc4OC[C@H]3C2)CC1. The van der Waals surface area contributed by atoms with E-state index in [0.717, 1.165) is 63.5 Å². The summed E-state index contributed by atoms with van der Waals surface area (Å²) < 4.78 is 26.3. The van der Waals surface area contributed by atoms with Crippen LogP contribution < -0.4 is 30.3 Å². The second-order valence-electron chi connectivity index (χ2n) is 12.7. The zero-order valence-corrected chi connectivity index (χ0v) is 29.7. The molecule has 4 aromatic rings. The first kappa shape index (κ1) is 32.1. The van der Waals surface area contributed by atoms with Crippen molar-refractivity contribution >= 4 is 68.2 Å². The smallest absolute Gasteiger partial charge is 0.229 e. The molecule has 2 atom stereocenters. The Kier molecular flexibility index (Phi) is 8.99. The van der Waals surface area contributed by atoms with Crippen LogP contribution in [0.3, 0.4) is 0 Å². The summed E-state index contributed by atoms with van der Waals surface area (Å²) in [7, 11) is -1.07. The Balaban J connectivity index is 1.11. The van der Waals surface area contributed by atoms with Crippen molar-refractivity contribution in [1.82, 2.24) is 29.7 Å². The molecule has 0 bridgehead atoms. The molecular weight excluding hydrogens is 681 g/mol. The van der Waals surface area contributed by atoms with Crippen LogP contribution in [0, 0.1) is 0 Å². The molecule has 2 aromatic heterocycles. The lowest BCUT2D eigenvalue weighted by molar-refractivity contribution is 0.0740. The highest BCUT2D eigenvalue weighted by Gasteiger charge is 2.37. The van der Waals surface area contributed by atoms with Crippen LogP contribution in [0.25, 0.3) is 11.0 Å². The van der Waals surface area contributed by atoms with Gasteiger partial charge in [-0.25, -0.2) is 4.98 Å². The first-order chi connectivity index (χ1) is 22.7. The molecule has 47 heavy (non-hydrogen) atoms. The van der Waals surface area contributed by atoms with E-state index < -0.39 is 7.14 Å². The van der Waals surface area contributed by atoms with Gasteiger partial charge in [-0.3, -0.25) is 14.9 Å². The summed E-state index contributed by atoms with van der Waals surface area (Å²) in [4.78, 5) is 25.9. The predicted octanol–water partition coefficient (Wildman–Crippen LogP) is 5.29. The second-order valence-corrected chi connectivity index (χ2v) is 16.7. The van der Waals surface area contributed by atoms with Gasteiger partial charge < -0.3 is 34.5 Å².